The summed E-state index contributed by atoms with van der Waals surface area (Å²) in [7, 11) is 0. The molecule has 0 saturated heterocycles. The van der Waals surface area contributed by atoms with Crippen molar-refractivity contribution in [1.29, 1.82) is 0 Å². The lowest BCUT2D eigenvalue weighted by atomic mass is 9.78. The van der Waals surface area contributed by atoms with E-state index in [1.807, 2.05) is 0 Å². The molecule has 1 aromatic carbocycles. The number of anilines is 1. The maximum atomic E-state index is 12.9. The zero-order chi connectivity index (χ0) is 16.3. The standard InChI is InChI=1S/C15H16F3NO3/c16-15(17,18)11-7-3-4-8-12(11)19-13(20)9-5-1-2-6-10(9)14(21)22/h3-4,7-10H,1-2,5-6H2,(H,19,20)(H,21,22)/t9-,10-/m1/s1. The zero-order valence-electron chi connectivity index (χ0n) is 11.7. The second-order valence-corrected chi connectivity index (χ2v) is 5.37. The molecule has 0 bridgehead atoms. The van der Waals surface area contributed by atoms with Crippen LogP contribution in [-0.4, -0.2) is 17.0 Å². The lowest BCUT2D eigenvalue weighted by molar-refractivity contribution is -0.148. The Morgan fingerprint density at radius 3 is 2.27 bits per heavy atom. The topological polar surface area (TPSA) is 66.4 Å². The fraction of sp³-hybridized carbons (Fsp3) is 0.467. The zero-order valence-corrected chi connectivity index (χ0v) is 11.7. The van der Waals surface area contributed by atoms with Gasteiger partial charge in [0.05, 0.1) is 23.1 Å². The van der Waals surface area contributed by atoms with Gasteiger partial charge in [0.25, 0.3) is 0 Å². The molecule has 2 rings (SSSR count). The van der Waals surface area contributed by atoms with E-state index in [4.69, 9.17) is 5.11 Å². The van der Waals surface area contributed by atoms with Crippen LogP contribution in [-0.2, 0) is 15.8 Å². The Balaban J connectivity index is 2.20. The molecule has 4 nitrogen and oxygen atoms in total. The number of aliphatic carboxylic acids is 1. The molecule has 2 N–H and O–H groups in total. The van der Waals surface area contributed by atoms with Crippen molar-refractivity contribution in [2.45, 2.75) is 31.9 Å². The van der Waals surface area contributed by atoms with Crippen LogP contribution in [0.4, 0.5) is 18.9 Å². The molecular formula is C15H16F3NO3. The predicted octanol–water partition coefficient (Wildman–Crippen LogP) is 3.53. The Bertz CT molecular complexity index is 571. The third kappa shape index (κ3) is 3.58. The van der Waals surface area contributed by atoms with Gasteiger partial charge in [0.15, 0.2) is 0 Å². The van der Waals surface area contributed by atoms with E-state index in [0.717, 1.165) is 6.07 Å². The van der Waals surface area contributed by atoms with E-state index in [9.17, 15) is 22.8 Å². The van der Waals surface area contributed by atoms with Crippen molar-refractivity contribution in [2.24, 2.45) is 11.8 Å². The summed E-state index contributed by atoms with van der Waals surface area (Å²) in [4.78, 5) is 23.4. The second kappa shape index (κ2) is 6.37. The minimum atomic E-state index is -4.58. The molecule has 0 aliphatic heterocycles. The molecule has 1 saturated carbocycles. The van der Waals surface area contributed by atoms with Gasteiger partial charge in [-0.25, -0.2) is 0 Å². The molecule has 1 fully saturated rings. The quantitative estimate of drug-likeness (QED) is 0.896. The second-order valence-electron chi connectivity index (χ2n) is 5.37. The molecule has 22 heavy (non-hydrogen) atoms. The highest BCUT2D eigenvalue weighted by molar-refractivity contribution is 5.95. The number of rotatable bonds is 3. The van der Waals surface area contributed by atoms with Crippen LogP contribution in [0.3, 0.4) is 0 Å². The van der Waals surface area contributed by atoms with Crippen LogP contribution in [0.5, 0.6) is 0 Å². The molecule has 120 valence electrons. The monoisotopic (exact) mass is 315 g/mol. The number of benzene rings is 1. The number of carboxylic acids is 1. The largest absolute Gasteiger partial charge is 0.481 e. The number of nitrogens with one attached hydrogen (secondary N) is 1. The Morgan fingerprint density at radius 1 is 1.09 bits per heavy atom. The van der Waals surface area contributed by atoms with Gasteiger partial charge in [0.2, 0.25) is 5.91 Å². The lowest BCUT2D eigenvalue weighted by Gasteiger charge is -2.27. The average Bonchev–Trinajstić information content (AvgIpc) is 2.46. The highest BCUT2D eigenvalue weighted by atomic mass is 19.4. The summed E-state index contributed by atoms with van der Waals surface area (Å²) in [6, 6.07) is 4.67. The highest BCUT2D eigenvalue weighted by Crippen LogP contribution is 2.36. The number of amides is 1. The third-order valence-corrected chi connectivity index (χ3v) is 3.91. The van der Waals surface area contributed by atoms with Crippen LogP contribution >= 0.6 is 0 Å². The van der Waals surface area contributed by atoms with Crippen LogP contribution < -0.4 is 5.32 Å². The Kier molecular flexibility index (Phi) is 4.73. The van der Waals surface area contributed by atoms with Gasteiger partial charge in [-0.1, -0.05) is 25.0 Å². The lowest BCUT2D eigenvalue weighted by Crippen LogP contribution is -2.36. The van der Waals surface area contributed by atoms with Crippen molar-refractivity contribution in [2.75, 3.05) is 5.32 Å². The Hall–Kier alpha value is -2.05. The molecule has 1 aliphatic carbocycles. The molecular weight excluding hydrogens is 299 g/mol. The third-order valence-electron chi connectivity index (χ3n) is 3.91. The number of alkyl halides is 3. The number of halogens is 3. The van der Waals surface area contributed by atoms with Crippen molar-refractivity contribution in [1.82, 2.24) is 0 Å². The van der Waals surface area contributed by atoms with Gasteiger partial charge < -0.3 is 10.4 Å². The van der Waals surface area contributed by atoms with Gasteiger partial charge >= 0.3 is 12.1 Å². The Morgan fingerprint density at radius 2 is 1.68 bits per heavy atom. The molecule has 0 unspecified atom stereocenters. The van der Waals surface area contributed by atoms with Crippen molar-refractivity contribution in [3.8, 4) is 0 Å². The van der Waals surface area contributed by atoms with E-state index in [0.29, 0.717) is 25.7 Å². The summed E-state index contributed by atoms with van der Waals surface area (Å²) in [5.74, 6) is -3.38. The summed E-state index contributed by atoms with van der Waals surface area (Å²) in [5.41, 5.74) is -1.28. The number of hydrogen-bond acceptors (Lipinski definition) is 2. The first-order valence-corrected chi connectivity index (χ1v) is 7.00. The number of carboxylic acid groups (broad SMARTS) is 1. The molecule has 0 heterocycles. The molecule has 2 atom stereocenters. The van der Waals surface area contributed by atoms with Gasteiger partial charge in [0, 0.05) is 0 Å². The van der Waals surface area contributed by atoms with Gasteiger partial charge in [-0.05, 0) is 25.0 Å². The van der Waals surface area contributed by atoms with E-state index in [-0.39, 0.29) is 5.69 Å². The number of carbonyl (C=O) groups excluding carboxylic acids is 1. The van der Waals surface area contributed by atoms with Crippen LogP contribution in [0.25, 0.3) is 0 Å². The SMILES string of the molecule is O=C(O)[C@@H]1CCCC[C@H]1C(=O)Nc1ccccc1C(F)(F)F. The van der Waals surface area contributed by atoms with Crippen molar-refractivity contribution in [3.63, 3.8) is 0 Å². The van der Waals surface area contributed by atoms with Crippen molar-refractivity contribution in [3.05, 3.63) is 29.8 Å². The predicted molar refractivity (Wildman–Crippen MR) is 73.2 cm³/mol. The van der Waals surface area contributed by atoms with E-state index in [2.05, 4.69) is 5.32 Å². The van der Waals surface area contributed by atoms with Crippen LogP contribution in [0.15, 0.2) is 24.3 Å². The first-order chi connectivity index (χ1) is 10.3. The van der Waals surface area contributed by atoms with Gasteiger partial charge in [-0.3, -0.25) is 9.59 Å². The summed E-state index contributed by atoms with van der Waals surface area (Å²) >= 11 is 0. The Labute approximate surface area is 125 Å². The number of para-hydroxylation sites is 1. The fourth-order valence-corrected chi connectivity index (χ4v) is 2.81. The first kappa shape index (κ1) is 16.3. The van der Waals surface area contributed by atoms with Gasteiger partial charge in [0.1, 0.15) is 0 Å². The average molecular weight is 315 g/mol. The highest BCUT2D eigenvalue weighted by Gasteiger charge is 2.38. The number of carbonyl (C=O) groups is 2. The summed E-state index contributed by atoms with van der Waals surface area (Å²) in [6.07, 6.45) is -2.43. The summed E-state index contributed by atoms with van der Waals surface area (Å²) in [6.45, 7) is 0. The number of hydrogen-bond donors (Lipinski definition) is 2. The maximum Gasteiger partial charge on any atom is 0.418 e. The molecule has 1 aromatic rings. The fourth-order valence-electron chi connectivity index (χ4n) is 2.81. The molecule has 1 aliphatic rings. The molecule has 0 spiro atoms. The van der Waals surface area contributed by atoms with Gasteiger partial charge in [-0.15, -0.1) is 0 Å². The molecule has 7 heteroatoms. The van der Waals surface area contributed by atoms with E-state index in [1.54, 1.807) is 0 Å². The van der Waals surface area contributed by atoms with Crippen molar-refractivity contribution < 1.29 is 27.9 Å². The summed E-state index contributed by atoms with van der Waals surface area (Å²) < 4.78 is 38.7. The van der Waals surface area contributed by atoms with Crippen LogP contribution in [0.2, 0.25) is 0 Å². The van der Waals surface area contributed by atoms with Gasteiger partial charge in [-0.2, -0.15) is 13.2 Å². The van der Waals surface area contributed by atoms with E-state index >= 15 is 0 Å². The maximum absolute atomic E-state index is 12.9. The molecule has 1 amide bonds. The van der Waals surface area contributed by atoms with E-state index < -0.39 is 35.5 Å². The minimum absolute atomic E-state index is 0.338. The van der Waals surface area contributed by atoms with E-state index in [1.165, 1.54) is 18.2 Å². The normalized spacial score (nSPS) is 22.1. The van der Waals surface area contributed by atoms with Crippen molar-refractivity contribution >= 4 is 17.6 Å². The minimum Gasteiger partial charge on any atom is -0.481 e. The molecule has 0 radical (unpaired) electrons. The first-order valence-electron chi connectivity index (χ1n) is 7.00. The van der Waals surface area contributed by atoms with Crippen LogP contribution in [0, 0.1) is 11.8 Å². The van der Waals surface area contributed by atoms with Crippen LogP contribution in [0.1, 0.15) is 31.2 Å². The smallest absolute Gasteiger partial charge is 0.418 e. The molecule has 0 aromatic heterocycles. The summed E-state index contributed by atoms with van der Waals surface area (Å²) in [5, 5.41) is 11.4.